The summed E-state index contributed by atoms with van der Waals surface area (Å²) in [6, 6.07) is 15.4. The van der Waals surface area contributed by atoms with Crippen LogP contribution in [-0.2, 0) is 18.9 Å². The highest BCUT2D eigenvalue weighted by Gasteiger charge is 2.42. The van der Waals surface area contributed by atoms with Crippen LogP contribution in [0, 0.1) is 5.41 Å². The van der Waals surface area contributed by atoms with E-state index < -0.39 is 0 Å². The second-order valence-electron chi connectivity index (χ2n) is 6.95. The molecule has 2 aromatic rings. The molecule has 2 saturated heterocycles. The zero-order valence-electron chi connectivity index (χ0n) is 15.6. The zero-order valence-corrected chi connectivity index (χ0v) is 15.6. The van der Waals surface area contributed by atoms with Crippen molar-refractivity contribution in [3.8, 4) is 11.5 Å². The first-order chi connectivity index (χ1) is 13.2. The second-order valence-corrected chi connectivity index (χ2v) is 6.95. The van der Waals surface area contributed by atoms with Gasteiger partial charge in [0.25, 0.3) is 0 Å². The minimum Gasteiger partial charge on any atom is -0.497 e. The zero-order chi connectivity index (χ0) is 18.7. The fourth-order valence-electron chi connectivity index (χ4n) is 3.26. The smallest absolute Gasteiger partial charge is 0.183 e. The van der Waals surface area contributed by atoms with Crippen molar-refractivity contribution in [3.63, 3.8) is 0 Å². The molecule has 2 aliphatic heterocycles. The van der Waals surface area contributed by atoms with Crippen LogP contribution in [0.5, 0.6) is 11.5 Å². The van der Waals surface area contributed by atoms with Gasteiger partial charge < -0.3 is 28.4 Å². The summed E-state index contributed by atoms with van der Waals surface area (Å²) in [4.78, 5) is 0. The van der Waals surface area contributed by atoms with Crippen molar-refractivity contribution in [2.24, 2.45) is 5.41 Å². The van der Waals surface area contributed by atoms with E-state index in [1.54, 1.807) is 14.2 Å². The van der Waals surface area contributed by atoms with E-state index in [2.05, 4.69) is 0 Å². The Labute approximate surface area is 158 Å². The molecule has 2 fully saturated rings. The average molecular weight is 372 g/mol. The van der Waals surface area contributed by atoms with E-state index >= 15 is 0 Å². The highest BCUT2D eigenvalue weighted by Crippen LogP contribution is 2.38. The Balaban J connectivity index is 1.32. The van der Waals surface area contributed by atoms with Crippen molar-refractivity contribution in [3.05, 3.63) is 59.7 Å². The SMILES string of the molecule is COc1ccc(C2OCC3(CO2)COC(c2ccc(OC)cc2)OC3)cc1. The summed E-state index contributed by atoms with van der Waals surface area (Å²) in [6.45, 7) is 2.11. The molecule has 0 unspecified atom stereocenters. The lowest BCUT2D eigenvalue weighted by molar-refractivity contribution is -0.307. The molecule has 2 aliphatic rings. The molecular formula is C21H24O6. The van der Waals surface area contributed by atoms with Crippen LogP contribution in [0.3, 0.4) is 0 Å². The first-order valence-corrected chi connectivity index (χ1v) is 8.96. The predicted octanol–water partition coefficient (Wildman–Crippen LogP) is 3.48. The lowest BCUT2D eigenvalue weighted by Gasteiger charge is -2.43. The third-order valence-corrected chi connectivity index (χ3v) is 4.94. The van der Waals surface area contributed by atoms with Gasteiger partial charge in [0, 0.05) is 11.1 Å². The van der Waals surface area contributed by atoms with E-state index in [4.69, 9.17) is 28.4 Å². The summed E-state index contributed by atoms with van der Waals surface area (Å²) in [6.07, 6.45) is -0.748. The van der Waals surface area contributed by atoms with Gasteiger partial charge in [0.05, 0.1) is 46.1 Å². The van der Waals surface area contributed by atoms with Gasteiger partial charge in [0.2, 0.25) is 0 Å². The van der Waals surface area contributed by atoms with Crippen LogP contribution in [0.15, 0.2) is 48.5 Å². The van der Waals surface area contributed by atoms with Crippen molar-refractivity contribution < 1.29 is 28.4 Å². The Bertz CT molecular complexity index is 657. The Hall–Kier alpha value is -2.12. The molecule has 0 atom stereocenters. The van der Waals surface area contributed by atoms with E-state index in [9.17, 15) is 0 Å². The minimum absolute atomic E-state index is 0.272. The van der Waals surface area contributed by atoms with E-state index in [0.29, 0.717) is 26.4 Å². The Kier molecular flexibility index (Phi) is 5.31. The first kappa shape index (κ1) is 18.3. The maximum Gasteiger partial charge on any atom is 0.183 e. The van der Waals surface area contributed by atoms with Crippen molar-refractivity contribution in [1.82, 2.24) is 0 Å². The van der Waals surface area contributed by atoms with Crippen LogP contribution in [-0.4, -0.2) is 40.6 Å². The monoisotopic (exact) mass is 372 g/mol. The summed E-state index contributed by atoms with van der Waals surface area (Å²) in [7, 11) is 3.29. The molecule has 1 spiro atoms. The van der Waals surface area contributed by atoms with Crippen LogP contribution < -0.4 is 9.47 Å². The largest absolute Gasteiger partial charge is 0.497 e. The van der Waals surface area contributed by atoms with Gasteiger partial charge in [0.1, 0.15) is 11.5 Å². The molecular weight excluding hydrogens is 348 g/mol. The number of hydrogen-bond donors (Lipinski definition) is 0. The Morgan fingerprint density at radius 2 is 0.963 bits per heavy atom. The molecule has 0 radical (unpaired) electrons. The molecule has 27 heavy (non-hydrogen) atoms. The molecule has 0 bridgehead atoms. The molecule has 0 saturated carbocycles. The second kappa shape index (κ2) is 7.86. The highest BCUT2D eigenvalue weighted by molar-refractivity contribution is 5.29. The lowest BCUT2D eigenvalue weighted by Crippen LogP contribution is -2.49. The summed E-state index contributed by atoms with van der Waals surface area (Å²) in [5, 5.41) is 0. The number of benzene rings is 2. The number of methoxy groups -OCH3 is 2. The van der Waals surface area contributed by atoms with Crippen molar-refractivity contribution >= 4 is 0 Å². The topological polar surface area (TPSA) is 55.4 Å². The summed E-state index contributed by atoms with van der Waals surface area (Å²) in [5.41, 5.74) is 1.67. The molecule has 4 rings (SSSR count). The molecule has 6 heteroatoms. The van der Waals surface area contributed by atoms with Crippen molar-refractivity contribution in [2.75, 3.05) is 40.6 Å². The average Bonchev–Trinajstić information content (AvgIpc) is 2.75. The summed E-state index contributed by atoms with van der Waals surface area (Å²) in [5.74, 6) is 1.62. The van der Waals surface area contributed by atoms with Gasteiger partial charge >= 0.3 is 0 Å². The quantitative estimate of drug-likeness (QED) is 0.819. The van der Waals surface area contributed by atoms with Crippen molar-refractivity contribution in [1.29, 1.82) is 0 Å². The van der Waals surface area contributed by atoms with Gasteiger partial charge in [-0.25, -0.2) is 0 Å². The van der Waals surface area contributed by atoms with Gasteiger partial charge in [-0.15, -0.1) is 0 Å². The molecule has 0 aromatic heterocycles. The van der Waals surface area contributed by atoms with E-state index in [1.165, 1.54) is 0 Å². The molecule has 144 valence electrons. The van der Waals surface area contributed by atoms with E-state index in [-0.39, 0.29) is 18.0 Å². The normalized spacial score (nSPS) is 28.1. The fourth-order valence-corrected chi connectivity index (χ4v) is 3.26. The summed E-state index contributed by atoms with van der Waals surface area (Å²) < 4.78 is 34.2. The molecule has 0 N–H and O–H groups in total. The van der Waals surface area contributed by atoms with Crippen LogP contribution in [0.25, 0.3) is 0 Å². The number of rotatable bonds is 4. The maximum atomic E-state index is 5.96. The predicted molar refractivity (Wildman–Crippen MR) is 97.7 cm³/mol. The van der Waals surface area contributed by atoms with Crippen molar-refractivity contribution in [2.45, 2.75) is 12.6 Å². The van der Waals surface area contributed by atoms with Crippen LogP contribution >= 0.6 is 0 Å². The van der Waals surface area contributed by atoms with Crippen LogP contribution in [0.1, 0.15) is 23.7 Å². The summed E-state index contributed by atoms with van der Waals surface area (Å²) >= 11 is 0. The first-order valence-electron chi connectivity index (χ1n) is 8.96. The maximum absolute atomic E-state index is 5.96. The van der Waals surface area contributed by atoms with Crippen LogP contribution in [0.4, 0.5) is 0 Å². The number of ether oxygens (including phenoxy) is 6. The molecule has 2 heterocycles. The molecule has 6 nitrogen and oxygen atoms in total. The number of hydrogen-bond acceptors (Lipinski definition) is 6. The van der Waals surface area contributed by atoms with E-state index in [1.807, 2.05) is 48.5 Å². The molecule has 2 aromatic carbocycles. The molecule has 0 amide bonds. The van der Waals surface area contributed by atoms with Gasteiger partial charge in [-0.2, -0.15) is 0 Å². The Morgan fingerprint density at radius 1 is 0.630 bits per heavy atom. The molecule has 0 aliphatic carbocycles. The van der Waals surface area contributed by atoms with Gasteiger partial charge in [-0.05, 0) is 24.3 Å². The third kappa shape index (κ3) is 3.94. The van der Waals surface area contributed by atoms with E-state index in [0.717, 1.165) is 22.6 Å². The highest BCUT2D eigenvalue weighted by atomic mass is 16.7. The standard InChI is InChI=1S/C21H24O6/c1-22-17-7-3-15(4-8-17)19-24-11-21(12-25-19)13-26-20(27-14-21)16-5-9-18(23-2)10-6-16/h3-10,19-20H,11-14H2,1-2H3. The lowest BCUT2D eigenvalue weighted by atomic mass is 9.90. The van der Waals surface area contributed by atoms with Gasteiger partial charge in [0.15, 0.2) is 12.6 Å². The van der Waals surface area contributed by atoms with Gasteiger partial charge in [-0.3, -0.25) is 0 Å². The van der Waals surface area contributed by atoms with Gasteiger partial charge in [-0.1, -0.05) is 24.3 Å². The Morgan fingerprint density at radius 3 is 1.26 bits per heavy atom. The fraction of sp³-hybridized carbons (Fsp3) is 0.429. The van der Waals surface area contributed by atoms with Crippen LogP contribution in [0.2, 0.25) is 0 Å². The minimum atomic E-state index is -0.374. The third-order valence-electron chi connectivity index (χ3n) is 4.94.